The van der Waals surface area contributed by atoms with Gasteiger partial charge in [0.05, 0.1) is 0 Å². The topological polar surface area (TPSA) is 140 Å². The predicted molar refractivity (Wildman–Crippen MR) is 86.5 cm³/mol. The fourth-order valence-corrected chi connectivity index (χ4v) is 2.20. The average Bonchev–Trinajstić information content (AvgIpc) is 2.42. The second kappa shape index (κ2) is 10.3. The van der Waals surface area contributed by atoms with Crippen molar-refractivity contribution in [3.8, 4) is 0 Å². The van der Waals surface area contributed by atoms with Crippen molar-refractivity contribution in [2.45, 2.75) is 58.3 Å². The van der Waals surface area contributed by atoms with Gasteiger partial charge in [0.2, 0.25) is 6.29 Å². The van der Waals surface area contributed by atoms with Gasteiger partial charge in [-0.05, 0) is 0 Å². The first-order valence-electron chi connectivity index (χ1n) is 7.18. The molecule has 0 amide bonds. The van der Waals surface area contributed by atoms with Gasteiger partial charge in [0.1, 0.15) is 18.8 Å². The van der Waals surface area contributed by atoms with E-state index in [-0.39, 0.29) is 23.6 Å². The third kappa shape index (κ3) is 7.36. The third-order valence-electron chi connectivity index (χ3n) is 3.03. The number of halogens is 1. The van der Waals surface area contributed by atoms with E-state index in [9.17, 15) is 19.2 Å². The molecule has 1 fully saturated rings. The van der Waals surface area contributed by atoms with E-state index >= 15 is 0 Å². The van der Waals surface area contributed by atoms with E-state index in [1.54, 1.807) is 0 Å². The van der Waals surface area contributed by atoms with Crippen molar-refractivity contribution in [1.29, 1.82) is 0 Å². The number of esters is 4. The van der Waals surface area contributed by atoms with Crippen LogP contribution in [0, 0.1) is 0 Å². The van der Waals surface area contributed by atoms with Crippen LogP contribution in [0.25, 0.3) is 0 Å². The molecular weight excluding hydrogens is 406 g/mol. The van der Waals surface area contributed by atoms with E-state index in [1.807, 2.05) is 0 Å². The van der Waals surface area contributed by atoms with Crippen molar-refractivity contribution in [2.24, 2.45) is 5.73 Å². The van der Waals surface area contributed by atoms with Crippen LogP contribution in [0.3, 0.4) is 0 Å². The van der Waals surface area contributed by atoms with Gasteiger partial charge in [-0.15, -0.1) is 17.0 Å². The van der Waals surface area contributed by atoms with E-state index in [1.165, 1.54) is 6.92 Å². The number of hydrogen-bond acceptors (Lipinski definition) is 10. The largest absolute Gasteiger partial charge is 0.463 e. The highest BCUT2D eigenvalue weighted by atomic mass is 79.9. The molecule has 10 nitrogen and oxygen atoms in total. The summed E-state index contributed by atoms with van der Waals surface area (Å²) in [5.74, 6) is -2.62. The molecular formula is C14H22BrNO9. The summed E-state index contributed by atoms with van der Waals surface area (Å²) in [6.07, 6.45) is -4.58. The molecule has 0 spiro atoms. The number of carbonyl (C=O) groups excluding carboxylic acids is 4. The Morgan fingerprint density at radius 1 is 0.840 bits per heavy atom. The number of hydrogen-bond donors (Lipinski definition) is 1. The summed E-state index contributed by atoms with van der Waals surface area (Å²) in [7, 11) is 0. The Hall–Kier alpha value is -1.72. The lowest BCUT2D eigenvalue weighted by Gasteiger charge is -2.42. The molecule has 25 heavy (non-hydrogen) atoms. The van der Waals surface area contributed by atoms with E-state index in [4.69, 9.17) is 29.4 Å². The van der Waals surface area contributed by atoms with Crippen LogP contribution in [0.1, 0.15) is 27.7 Å². The fourth-order valence-electron chi connectivity index (χ4n) is 2.20. The third-order valence-corrected chi connectivity index (χ3v) is 3.03. The summed E-state index contributed by atoms with van der Waals surface area (Å²) in [6, 6.07) is -1.10. The van der Waals surface area contributed by atoms with E-state index in [0.717, 1.165) is 20.8 Å². The van der Waals surface area contributed by atoms with Gasteiger partial charge < -0.3 is 29.4 Å². The minimum atomic E-state index is -1.26. The molecule has 0 aromatic rings. The molecule has 0 unspecified atom stereocenters. The van der Waals surface area contributed by atoms with Gasteiger partial charge in [-0.1, -0.05) is 0 Å². The van der Waals surface area contributed by atoms with E-state index in [0.29, 0.717) is 0 Å². The van der Waals surface area contributed by atoms with Crippen LogP contribution in [0.15, 0.2) is 0 Å². The molecule has 2 N–H and O–H groups in total. The van der Waals surface area contributed by atoms with Gasteiger partial charge in [0.25, 0.3) is 0 Å². The summed E-state index contributed by atoms with van der Waals surface area (Å²) in [5.41, 5.74) is 5.93. The molecule has 1 aliphatic heterocycles. The Balaban J connectivity index is 0.00000576. The zero-order chi connectivity index (χ0) is 18.4. The van der Waals surface area contributed by atoms with Crippen LogP contribution in [-0.4, -0.2) is 61.1 Å². The minimum absolute atomic E-state index is 0. The Labute approximate surface area is 155 Å². The molecule has 0 aromatic carbocycles. The highest BCUT2D eigenvalue weighted by Gasteiger charge is 2.50. The summed E-state index contributed by atoms with van der Waals surface area (Å²) >= 11 is 0. The molecule has 1 aliphatic rings. The first kappa shape index (κ1) is 23.3. The maximum atomic E-state index is 11.3. The molecule has 5 atom stereocenters. The zero-order valence-corrected chi connectivity index (χ0v) is 16.0. The summed E-state index contributed by atoms with van der Waals surface area (Å²) in [4.78, 5) is 44.9. The highest BCUT2D eigenvalue weighted by molar-refractivity contribution is 8.93. The van der Waals surface area contributed by atoms with Crippen molar-refractivity contribution in [1.82, 2.24) is 0 Å². The minimum Gasteiger partial charge on any atom is -0.463 e. The smallest absolute Gasteiger partial charge is 0.304 e. The second-order valence-corrected chi connectivity index (χ2v) is 5.18. The fraction of sp³-hybridized carbons (Fsp3) is 0.714. The lowest BCUT2D eigenvalue weighted by atomic mass is 9.97. The standard InChI is InChI=1S/C14H21NO9.BrH/c1-6(16)20-5-10-12(21-7(2)17)13(22-8(3)18)11(15)14(24-10)23-9(4)19;/h10-14H,5,15H2,1-4H3;1H/t10-,11-,12-,13-,14-;/m1./s1. The quantitative estimate of drug-likeness (QED) is 0.455. The second-order valence-electron chi connectivity index (χ2n) is 5.18. The van der Waals surface area contributed by atoms with Gasteiger partial charge in [0, 0.05) is 27.7 Å². The van der Waals surface area contributed by atoms with Crippen LogP contribution in [0.4, 0.5) is 0 Å². The molecule has 1 saturated heterocycles. The molecule has 0 aliphatic carbocycles. The summed E-state index contributed by atoms with van der Waals surface area (Å²) in [6.45, 7) is 4.32. The lowest BCUT2D eigenvalue weighted by molar-refractivity contribution is -0.267. The number of nitrogens with two attached hydrogens (primary N) is 1. The van der Waals surface area contributed by atoms with Gasteiger partial charge in [-0.3, -0.25) is 19.2 Å². The average molecular weight is 428 g/mol. The van der Waals surface area contributed by atoms with Crippen molar-refractivity contribution in [3.63, 3.8) is 0 Å². The number of ether oxygens (including phenoxy) is 5. The number of rotatable bonds is 5. The molecule has 0 radical (unpaired) electrons. The van der Waals surface area contributed by atoms with Crippen LogP contribution >= 0.6 is 17.0 Å². The SMILES string of the molecule is Br.CC(=O)OC[C@H]1O[C@@H](OC(C)=O)[C@H](N)[C@@H](OC(C)=O)[C@@H]1OC(C)=O. The van der Waals surface area contributed by atoms with Gasteiger partial charge in [-0.2, -0.15) is 0 Å². The first-order chi connectivity index (χ1) is 11.1. The summed E-state index contributed by atoms with van der Waals surface area (Å²) < 4.78 is 25.5. The molecule has 0 bridgehead atoms. The van der Waals surface area contributed by atoms with Crippen molar-refractivity contribution in [2.75, 3.05) is 6.61 Å². The highest BCUT2D eigenvalue weighted by Crippen LogP contribution is 2.26. The van der Waals surface area contributed by atoms with Crippen LogP contribution in [0.5, 0.6) is 0 Å². The van der Waals surface area contributed by atoms with Gasteiger partial charge >= 0.3 is 23.9 Å². The van der Waals surface area contributed by atoms with Crippen LogP contribution < -0.4 is 5.73 Å². The number of carbonyl (C=O) groups is 4. The van der Waals surface area contributed by atoms with Crippen LogP contribution in [0.2, 0.25) is 0 Å². The Kier molecular flexibility index (Phi) is 9.60. The Bertz CT molecular complexity index is 497. The van der Waals surface area contributed by atoms with Crippen molar-refractivity contribution >= 4 is 40.9 Å². The Morgan fingerprint density at radius 3 is 1.76 bits per heavy atom. The molecule has 0 aromatic heterocycles. The van der Waals surface area contributed by atoms with E-state index in [2.05, 4.69) is 0 Å². The Morgan fingerprint density at radius 2 is 1.32 bits per heavy atom. The molecule has 11 heteroatoms. The maximum absolute atomic E-state index is 11.3. The van der Waals surface area contributed by atoms with Crippen molar-refractivity contribution < 1.29 is 42.9 Å². The maximum Gasteiger partial charge on any atom is 0.304 e. The lowest BCUT2D eigenvalue weighted by Crippen LogP contribution is -2.65. The van der Waals surface area contributed by atoms with Gasteiger partial charge in [-0.25, -0.2) is 0 Å². The van der Waals surface area contributed by atoms with E-state index < -0.39 is 54.5 Å². The molecule has 1 heterocycles. The van der Waals surface area contributed by atoms with Gasteiger partial charge in [0.15, 0.2) is 12.2 Å². The van der Waals surface area contributed by atoms with Crippen molar-refractivity contribution in [3.05, 3.63) is 0 Å². The summed E-state index contributed by atoms with van der Waals surface area (Å²) in [5, 5.41) is 0. The normalized spacial score (nSPS) is 28.1. The molecule has 1 rings (SSSR count). The molecule has 0 saturated carbocycles. The van der Waals surface area contributed by atoms with Crippen LogP contribution in [-0.2, 0) is 42.9 Å². The predicted octanol–water partition coefficient (Wildman–Crippen LogP) is -0.394. The first-order valence-corrected chi connectivity index (χ1v) is 7.18. The zero-order valence-electron chi connectivity index (χ0n) is 14.3. The molecule has 144 valence electrons. The monoisotopic (exact) mass is 427 g/mol.